The van der Waals surface area contributed by atoms with Crippen LogP contribution in [0.4, 0.5) is 0 Å². The van der Waals surface area contributed by atoms with Crippen molar-refractivity contribution in [3.63, 3.8) is 0 Å². The van der Waals surface area contributed by atoms with Crippen molar-refractivity contribution in [2.75, 3.05) is 13.2 Å². The molecule has 3 rings (SSSR count). The third-order valence-electron chi connectivity index (χ3n) is 3.52. The van der Waals surface area contributed by atoms with Crippen LogP contribution >= 0.6 is 0 Å². The van der Waals surface area contributed by atoms with Crippen molar-refractivity contribution in [2.45, 2.75) is 26.2 Å². The van der Waals surface area contributed by atoms with Gasteiger partial charge in [-0.1, -0.05) is 19.0 Å². The summed E-state index contributed by atoms with van der Waals surface area (Å²) in [6.07, 6.45) is 0.826. The van der Waals surface area contributed by atoms with Gasteiger partial charge in [-0.25, -0.2) is 4.79 Å². The first-order valence-electron chi connectivity index (χ1n) is 7.21. The van der Waals surface area contributed by atoms with E-state index in [9.17, 15) is 4.79 Å². The second kappa shape index (κ2) is 5.71. The third-order valence-corrected chi connectivity index (χ3v) is 3.52. The highest BCUT2D eigenvalue weighted by Crippen LogP contribution is 2.43. The van der Waals surface area contributed by atoms with E-state index in [1.54, 1.807) is 0 Å². The van der Waals surface area contributed by atoms with E-state index in [1.165, 1.54) is 6.07 Å². The summed E-state index contributed by atoms with van der Waals surface area (Å²) < 4.78 is 16.8. The number of carbonyl (C=O) groups is 1. The topological polar surface area (TPSA) is 81.8 Å². The molecule has 0 amide bonds. The second-order valence-electron chi connectivity index (χ2n) is 5.44. The van der Waals surface area contributed by atoms with E-state index in [2.05, 4.69) is 5.16 Å². The Morgan fingerprint density at radius 1 is 1.27 bits per heavy atom. The zero-order valence-electron chi connectivity index (χ0n) is 12.5. The van der Waals surface area contributed by atoms with Gasteiger partial charge in [0.2, 0.25) is 0 Å². The molecule has 116 valence electrons. The van der Waals surface area contributed by atoms with E-state index in [0.29, 0.717) is 30.5 Å². The molecule has 2 heterocycles. The summed E-state index contributed by atoms with van der Waals surface area (Å²) in [6.45, 7) is 5.30. The molecule has 1 aromatic carbocycles. The van der Waals surface area contributed by atoms with E-state index in [0.717, 1.165) is 17.5 Å². The van der Waals surface area contributed by atoms with Crippen molar-refractivity contribution < 1.29 is 23.9 Å². The number of carboxylic acid groups (broad SMARTS) is 1. The molecule has 1 aliphatic rings. The smallest absolute Gasteiger partial charge is 0.358 e. The van der Waals surface area contributed by atoms with Crippen molar-refractivity contribution in [3.8, 4) is 22.8 Å². The molecule has 0 fully saturated rings. The second-order valence-corrected chi connectivity index (χ2v) is 5.44. The fourth-order valence-electron chi connectivity index (χ4n) is 2.55. The Morgan fingerprint density at radius 2 is 2.05 bits per heavy atom. The van der Waals surface area contributed by atoms with Gasteiger partial charge >= 0.3 is 5.97 Å². The van der Waals surface area contributed by atoms with Gasteiger partial charge in [-0.2, -0.15) is 0 Å². The van der Waals surface area contributed by atoms with Crippen molar-refractivity contribution in [3.05, 3.63) is 29.5 Å². The molecule has 0 radical (unpaired) electrons. The molecular weight excluding hydrogens is 286 g/mol. The molecule has 0 atom stereocenters. The first kappa shape index (κ1) is 14.4. The standard InChI is InChI=1S/C16H17NO5/c1-9(2)14-10(13-8-11(16(18)19)17-22-13)4-5-12-15(14)21-7-3-6-20-12/h4-5,8-9H,3,6-7H2,1-2H3,(H,18,19). The lowest BCUT2D eigenvalue weighted by Gasteiger charge is -2.18. The zero-order valence-corrected chi connectivity index (χ0v) is 12.5. The Balaban J connectivity index is 2.14. The molecule has 6 nitrogen and oxygen atoms in total. The molecule has 0 bridgehead atoms. The van der Waals surface area contributed by atoms with Crippen LogP contribution in [0.15, 0.2) is 22.7 Å². The predicted molar refractivity (Wildman–Crippen MR) is 78.6 cm³/mol. The molecular formula is C16H17NO5. The first-order valence-corrected chi connectivity index (χ1v) is 7.21. The van der Waals surface area contributed by atoms with Crippen molar-refractivity contribution in [2.24, 2.45) is 0 Å². The summed E-state index contributed by atoms with van der Waals surface area (Å²) in [7, 11) is 0. The van der Waals surface area contributed by atoms with Crippen LogP contribution in [0, 0.1) is 0 Å². The summed E-state index contributed by atoms with van der Waals surface area (Å²) in [5.41, 5.74) is 1.60. The summed E-state index contributed by atoms with van der Waals surface area (Å²) in [6, 6.07) is 5.10. The monoisotopic (exact) mass is 303 g/mol. The fourth-order valence-corrected chi connectivity index (χ4v) is 2.55. The van der Waals surface area contributed by atoms with E-state index >= 15 is 0 Å². The van der Waals surface area contributed by atoms with Gasteiger partial charge in [0.25, 0.3) is 0 Å². The summed E-state index contributed by atoms with van der Waals surface area (Å²) in [4.78, 5) is 11.0. The van der Waals surface area contributed by atoms with Gasteiger partial charge in [0.1, 0.15) is 0 Å². The van der Waals surface area contributed by atoms with Crippen LogP contribution in [-0.4, -0.2) is 29.4 Å². The van der Waals surface area contributed by atoms with Crippen LogP contribution < -0.4 is 9.47 Å². The molecule has 0 unspecified atom stereocenters. The molecule has 6 heteroatoms. The number of hydrogen-bond donors (Lipinski definition) is 1. The van der Waals surface area contributed by atoms with Crippen LogP contribution in [0.3, 0.4) is 0 Å². The molecule has 0 saturated carbocycles. The normalized spacial score (nSPS) is 14.0. The number of hydrogen-bond acceptors (Lipinski definition) is 5. The Kier molecular flexibility index (Phi) is 3.75. The molecule has 0 saturated heterocycles. The van der Waals surface area contributed by atoms with Crippen LogP contribution in [0.2, 0.25) is 0 Å². The average molecular weight is 303 g/mol. The number of fused-ring (bicyclic) bond motifs is 1. The van der Waals surface area contributed by atoms with Gasteiger partial charge in [-0.15, -0.1) is 0 Å². The zero-order chi connectivity index (χ0) is 15.7. The molecule has 0 spiro atoms. The molecule has 1 aliphatic heterocycles. The highest BCUT2D eigenvalue weighted by molar-refractivity contribution is 5.86. The molecule has 1 N–H and O–H groups in total. The van der Waals surface area contributed by atoms with Gasteiger partial charge in [-0.3, -0.25) is 0 Å². The number of ether oxygens (including phenoxy) is 2. The van der Waals surface area contributed by atoms with Gasteiger partial charge in [0.15, 0.2) is 23.0 Å². The largest absolute Gasteiger partial charge is 0.490 e. The lowest BCUT2D eigenvalue weighted by molar-refractivity contribution is 0.0686. The van der Waals surface area contributed by atoms with Crippen LogP contribution in [0.1, 0.15) is 42.2 Å². The number of aromatic nitrogens is 1. The lowest BCUT2D eigenvalue weighted by Crippen LogP contribution is -2.01. The molecule has 0 aliphatic carbocycles. The van der Waals surface area contributed by atoms with E-state index in [4.69, 9.17) is 19.1 Å². The maximum atomic E-state index is 11.0. The van der Waals surface area contributed by atoms with Gasteiger partial charge in [0, 0.05) is 23.6 Å². The van der Waals surface area contributed by atoms with Crippen LogP contribution in [0.5, 0.6) is 11.5 Å². The van der Waals surface area contributed by atoms with Crippen molar-refractivity contribution >= 4 is 5.97 Å². The Labute approximate surface area is 127 Å². The van der Waals surface area contributed by atoms with Crippen molar-refractivity contribution in [1.82, 2.24) is 5.16 Å². The lowest BCUT2D eigenvalue weighted by atomic mass is 9.94. The van der Waals surface area contributed by atoms with E-state index < -0.39 is 5.97 Å². The minimum atomic E-state index is -1.12. The molecule has 22 heavy (non-hydrogen) atoms. The number of carboxylic acids is 1. The average Bonchev–Trinajstić information content (AvgIpc) is 2.85. The SMILES string of the molecule is CC(C)c1c(-c2cc(C(=O)O)no2)ccc2c1OCCCO2. The van der Waals surface area contributed by atoms with E-state index in [-0.39, 0.29) is 11.6 Å². The van der Waals surface area contributed by atoms with Crippen molar-refractivity contribution in [1.29, 1.82) is 0 Å². The van der Waals surface area contributed by atoms with Crippen LogP contribution in [-0.2, 0) is 0 Å². The van der Waals surface area contributed by atoms with Gasteiger partial charge < -0.3 is 19.1 Å². The number of aromatic carboxylic acids is 1. The maximum absolute atomic E-state index is 11.0. The third kappa shape index (κ3) is 2.52. The van der Waals surface area contributed by atoms with Gasteiger partial charge in [0.05, 0.1) is 13.2 Å². The Bertz CT molecular complexity index is 705. The molecule has 1 aromatic heterocycles. The quantitative estimate of drug-likeness (QED) is 0.936. The van der Waals surface area contributed by atoms with E-state index in [1.807, 2.05) is 26.0 Å². The minimum absolute atomic E-state index is 0.114. The highest BCUT2D eigenvalue weighted by atomic mass is 16.5. The maximum Gasteiger partial charge on any atom is 0.358 e. The summed E-state index contributed by atoms with van der Waals surface area (Å²) in [5, 5.41) is 12.6. The number of nitrogens with zero attached hydrogens (tertiary/aromatic N) is 1. The Hall–Kier alpha value is -2.50. The minimum Gasteiger partial charge on any atom is -0.490 e. The van der Waals surface area contributed by atoms with Crippen LogP contribution in [0.25, 0.3) is 11.3 Å². The summed E-state index contributed by atoms with van der Waals surface area (Å²) in [5.74, 6) is 0.874. The summed E-state index contributed by atoms with van der Waals surface area (Å²) >= 11 is 0. The highest BCUT2D eigenvalue weighted by Gasteiger charge is 2.24. The number of benzene rings is 1. The molecule has 2 aromatic rings. The fraction of sp³-hybridized carbons (Fsp3) is 0.375. The first-order chi connectivity index (χ1) is 10.6. The predicted octanol–water partition coefficient (Wildman–Crippen LogP) is 3.32. The number of rotatable bonds is 3. The van der Waals surface area contributed by atoms with Gasteiger partial charge in [-0.05, 0) is 18.1 Å². The Morgan fingerprint density at radius 3 is 2.73 bits per heavy atom.